The minimum absolute atomic E-state index is 0.642. The van der Waals surface area contributed by atoms with Crippen molar-refractivity contribution in [2.75, 3.05) is 31.9 Å². The highest BCUT2D eigenvalue weighted by molar-refractivity contribution is 5.53. The lowest BCUT2D eigenvalue weighted by molar-refractivity contribution is 0.201. The lowest BCUT2D eigenvalue weighted by Crippen LogP contribution is -2.17. The number of ether oxygens (including phenoxy) is 2. The van der Waals surface area contributed by atoms with Gasteiger partial charge in [0.1, 0.15) is 12.5 Å². The van der Waals surface area contributed by atoms with Gasteiger partial charge in [-0.25, -0.2) is 0 Å². The largest absolute Gasteiger partial charge is 0.497 e. The topological polar surface area (TPSA) is 71.1 Å². The van der Waals surface area contributed by atoms with Gasteiger partial charge in [-0.3, -0.25) is 0 Å². The van der Waals surface area contributed by atoms with Crippen molar-refractivity contribution in [3.63, 3.8) is 0 Å². The van der Waals surface area contributed by atoms with Gasteiger partial charge in [0, 0.05) is 12.2 Å². The Kier molecular flexibility index (Phi) is 5.87. The molecule has 0 aliphatic carbocycles. The highest BCUT2D eigenvalue weighted by Gasteiger charge is 2.11. The first-order valence-electron chi connectivity index (χ1n) is 9.30. The van der Waals surface area contributed by atoms with Crippen molar-refractivity contribution in [2.24, 2.45) is 20.5 Å². The fraction of sp³-hybridized carbons (Fsp3) is 0.182. The molecule has 0 radical (unpaired) electrons. The molecule has 1 saturated heterocycles. The third kappa shape index (κ3) is 5.03. The zero-order valence-corrected chi connectivity index (χ0v) is 16.1. The van der Waals surface area contributed by atoms with E-state index in [2.05, 4.69) is 25.4 Å². The molecule has 0 aromatic heterocycles. The minimum Gasteiger partial charge on any atom is -0.497 e. The fourth-order valence-electron chi connectivity index (χ4n) is 2.81. The van der Waals surface area contributed by atoms with Crippen LogP contribution in [0.2, 0.25) is 0 Å². The maximum Gasteiger partial charge on any atom is 0.119 e. The van der Waals surface area contributed by atoms with Crippen molar-refractivity contribution in [3.05, 3.63) is 72.8 Å². The molecular formula is C22H21N5O2. The zero-order chi connectivity index (χ0) is 19.9. The van der Waals surface area contributed by atoms with E-state index in [1.807, 2.05) is 72.8 Å². The van der Waals surface area contributed by atoms with E-state index in [1.165, 1.54) is 0 Å². The molecule has 0 unspecified atom stereocenters. The smallest absolute Gasteiger partial charge is 0.119 e. The van der Waals surface area contributed by atoms with E-state index in [0.29, 0.717) is 6.73 Å². The summed E-state index contributed by atoms with van der Waals surface area (Å²) in [5.41, 5.74) is 4.20. The number of rotatable bonds is 6. The van der Waals surface area contributed by atoms with Gasteiger partial charge in [-0.05, 0) is 72.8 Å². The highest BCUT2D eigenvalue weighted by Crippen LogP contribution is 2.25. The van der Waals surface area contributed by atoms with Crippen LogP contribution < -0.4 is 9.64 Å². The van der Waals surface area contributed by atoms with E-state index < -0.39 is 0 Å². The average Bonchev–Trinajstić information content (AvgIpc) is 3.33. The fourth-order valence-corrected chi connectivity index (χ4v) is 2.81. The van der Waals surface area contributed by atoms with Crippen LogP contribution in [-0.2, 0) is 4.74 Å². The number of anilines is 1. The molecule has 0 bridgehead atoms. The van der Waals surface area contributed by atoms with E-state index in [-0.39, 0.29) is 0 Å². The molecule has 29 heavy (non-hydrogen) atoms. The summed E-state index contributed by atoms with van der Waals surface area (Å²) in [6, 6.07) is 22.8. The van der Waals surface area contributed by atoms with Crippen LogP contribution in [0.15, 0.2) is 93.3 Å². The molecule has 1 aliphatic heterocycles. The summed E-state index contributed by atoms with van der Waals surface area (Å²) >= 11 is 0. The SMILES string of the molecule is COc1ccc(N=Nc2ccc(N=Nc3ccc(N4CCOC4)cc3)cc2)cc1. The number of methoxy groups -OCH3 is 1. The van der Waals surface area contributed by atoms with Crippen LogP contribution in [0.5, 0.6) is 5.75 Å². The Morgan fingerprint density at radius 1 is 0.690 bits per heavy atom. The molecule has 0 N–H and O–H groups in total. The quantitative estimate of drug-likeness (QED) is 0.465. The lowest BCUT2D eigenvalue weighted by Gasteiger charge is -2.15. The number of benzene rings is 3. The number of nitrogens with zero attached hydrogens (tertiary/aromatic N) is 5. The van der Waals surface area contributed by atoms with Gasteiger partial charge in [0.2, 0.25) is 0 Å². The van der Waals surface area contributed by atoms with Crippen molar-refractivity contribution in [2.45, 2.75) is 0 Å². The first kappa shape index (κ1) is 18.8. The Morgan fingerprint density at radius 2 is 1.14 bits per heavy atom. The van der Waals surface area contributed by atoms with Gasteiger partial charge in [-0.1, -0.05) is 0 Å². The van der Waals surface area contributed by atoms with Gasteiger partial charge in [-0.15, -0.1) is 0 Å². The van der Waals surface area contributed by atoms with Gasteiger partial charge in [0.15, 0.2) is 0 Å². The summed E-state index contributed by atoms with van der Waals surface area (Å²) in [4.78, 5) is 2.18. The maximum absolute atomic E-state index is 5.37. The Labute approximate surface area is 169 Å². The summed E-state index contributed by atoms with van der Waals surface area (Å²) in [7, 11) is 1.63. The van der Waals surface area contributed by atoms with Gasteiger partial charge < -0.3 is 14.4 Å². The Hall–Kier alpha value is -3.58. The van der Waals surface area contributed by atoms with E-state index >= 15 is 0 Å². The van der Waals surface area contributed by atoms with Crippen molar-refractivity contribution < 1.29 is 9.47 Å². The summed E-state index contributed by atoms with van der Waals surface area (Å²) in [6.07, 6.45) is 0. The van der Waals surface area contributed by atoms with Crippen LogP contribution in [0.3, 0.4) is 0 Å². The molecule has 146 valence electrons. The Morgan fingerprint density at radius 3 is 1.55 bits per heavy atom. The van der Waals surface area contributed by atoms with Gasteiger partial charge in [0.25, 0.3) is 0 Å². The van der Waals surface area contributed by atoms with Crippen LogP contribution in [0.1, 0.15) is 0 Å². The van der Waals surface area contributed by atoms with Gasteiger partial charge in [0.05, 0.1) is 36.5 Å². The predicted molar refractivity (Wildman–Crippen MR) is 112 cm³/mol. The molecular weight excluding hydrogens is 366 g/mol. The van der Waals surface area contributed by atoms with Crippen molar-refractivity contribution in [1.29, 1.82) is 0 Å². The normalized spacial score (nSPS) is 14.2. The molecule has 0 atom stereocenters. The molecule has 7 heteroatoms. The van der Waals surface area contributed by atoms with Gasteiger partial charge in [-0.2, -0.15) is 20.5 Å². The summed E-state index contributed by atoms with van der Waals surface area (Å²) in [6.45, 7) is 2.34. The predicted octanol–water partition coefficient (Wildman–Crippen LogP) is 6.32. The second-order valence-electron chi connectivity index (χ2n) is 6.43. The molecule has 0 amide bonds. The minimum atomic E-state index is 0.642. The maximum atomic E-state index is 5.37. The van der Waals surface area contributed by atoms with Gasteiger partial charge >= 0.3 is 0 Å². The van der Waals surface area contributed by atoms with Crippen LogP contribution in [0, 0.1) is 0 Å². The number of azo groups is 2. The third-order valence-corrected chi connectivity index (χ3v) is 4.45. The van der Waals surface area contributed by atoms with Crippen LogP contribution in [0.25, 0.3) is 0 Å². The Balaban J connectivity index is 1.36. The lowest BCUT2D eigenvalue weighted by atomic mass is 10.2. The first-order chi connectivity index (χ1) is 14.3. The Bertz CT molecular complexity index is 977. The van der Waals surface area contributed by atoms with Crippen molar-refractivity contribution in [1.82, 2.24) is 0 Å². The highest BCUT2D eigenvalue weighted by atomic mass is 16.5. The standard InChI is InChI=1S/C22H21N5O2/c1-28-22-12-8-20(9-13-22)26-24-18-4-2-17(3-5-18)23-25-19-6-10-21(11-7-19)27-14-15-29-16-27/h2-13H,14-16H2,1H3. The zero-order valence-electron chi connectivity index (χ0n) is 16.1. The molecule has 1 aliphatic rings. The molecule has 7 nitrogen and oxygen atoms in total. The van der Waals surface area contributed by atoms with E-state index in [0.717, 1.165) is 47.3 Å². The van der Waals surface area contributed by atoms with E-state index in [9.17, 15) is 0 Å². The molecule has 3 aromatic rings. The average molecular weight is 387 g/mol. The molecule has 1 fully saturated rings. The molecule has 0 spiro atoms. The first-order valence-corrected chi connectivity index (χ1v) is 9.30. The van der Waals surface area contributed by atoms with E-state index in [1.54, 1.807) is 7.11 Å². The van der Waals surface area contributed by atoms with Crippen molar-refractivity contribution >= 4 is 28.4 Å². The second-order valence-corrected chi connectivity index (χ2v) is 6.43. The second kappa shape index (κ2) is 9.07. The molecule has 4 rings (SSSR count). The molecule has 3 aromatic carbocycles. The molecule has 0 saturated carbocycles. The molecule has 1 heterocycles. The summed E-state index contributed by atoms with van der Waals surface area (Å²) < 4.78 is 10.5. The third-order valence-electron chi connectivity index (χ3n) is 4.45. The number of hydrogen-bond donors (Lipinski definition) is 0. The van der Waals surface area contributed by atoms with E-state index in [4.69, 9.17) is 9.47 Å². The summed E-state index contributed by atoms with van der Waals surface area (Å²) in [5, 5.41) is 17.0. The van der Waals surface area contributed by atoms with Crippen LogP contribution >= 0.6 is 0 Å². The monoisotopic (exact) mass is 387 g/mol. The number of hydrogen-bond acceptors (Lipinski definition) is 7. The summed E-state index contributed by atoms with van der Waals surface area (Å²) in [5.74, 6) is 0.790. The van der Waals surface area contributed by atoms with Crippen molar-refractivity contribution in [3.8, 4) is 5.75 Å². The van der Waals surface area contributed by atoms with Crippen LogP contribution in [0.4, 0.5) is 28.4 Å². The van der Waals surface area contributed by atoms with Crippen LogP contribution in [-0.4, -0.2) is 27.0 Å².